The van der Waals surface area contributed by atoms with Crippen LogP contribution in [0.15, 0.2) is 39.7 Å². The Bertz CT molecular complexity index is 737. The number of nitrogens with zero attached hydrogens (tertiary/aromatic N) is 1. The molecule has 0 radical (unpaired) electrons. The SMILES string of the molecule is CCNC(=NCCCC(=O)NC1CC1)NC(C)c1cc2ccccc2o1.I. The molecule has 1 aromatic carbocycles. The van der Waals surface area contributed by atoms with Crippen molar-refractivity contribution in [1.82, 2.24) is 16.0 Å². The highest BCUT2D eigenvalue weighted by Gasteiger charge is 2.22. The zero-order chi connectivity index (χ0) is 18.4. The monoisotopic (exact) mass is 484 g/mol. The lowest BCUT2D eigenvalue weighted by Gasteiger charge is -2.16. The standard InChI is InChI=1S/C20H28N4O2.HI/c1-3-21-20(22-12-6-9-19(25)24-16-10-11-16)23-14(2)18-13-15-7-4-5-8-17(15)26-18;/h4-5,7-8,13-14,16H,3,6,9-12H2,1-2H3,(H,24,25)(H2,21,22,23);1H. The van der Waals surface area contributed by atoms with Crippen LogP contribution in [0.1, 0.15) is 51.3 Å². The molecule has 7 heteroatoms. The zero-order valence-electron chi connectivity index (χ0n) is 16.0. The first-order valence-corrected chi connectivity index (χ1v) is 9.48. The third-order valence-electron chi connectivity index (χ3n) is 4.34. The lowest BCUT2D eigenvalue weighted by Crippen LogP contribution is -2.38. The van der Waals surface area contributed by atoms with Gasteiger partial charge in [0, 0.05) is 30.9 Å². The van der Waals surface area contributed by atoms with Crippen LogP contribution in [0.3, 0.4) is 0 Å². The van der Waals surface area contributed by atoms with Crippen molar-refractivity contribution in [3.63, 3.8) is 0 Å². The van der Waals surface area contributed by atoms with Gasteiger partial charge in [-0.3, -0.25) is 9.79 Å². The highest BCUT2D eigenvalue weighted by molar-refractivity contribution is 14.0. The van der Waals surface area contributed by atoms with E-state index in [2.05, 4.69) is 27.0 Å². The van der Waals surface area contributed by atoms with Crippen LogP contribution in [0.5, 0.6) is 0 Å². The van der Waals surface area contributed by atoms with Crippen LogP contribution in [0.25, 0.3) is 11.0 Å². The Hall–Kier alpha value is -1.77. The van der Waals surface area contributed by atoms with Crippen LogP contribution in [0.2, 0.25) is 0 Å². The average molecular weight is 484 g/mol. The Balaban J connectivity index is 0.00000261. The molecule has 0 spiro atoms. The minimum atomic E-state index is -0.00151. The molecule has 1 saturated carbocycles. The van der Waals surface area contributed by atoms with Crippen LogP contribution < -0.4 is 16.0 Å². The smallest absolute Gasteiger partial charge is 0.220 e. The van der Waals surface area contributed by atoms with E-state index in [0.717, 1.165) is 48.5 Å². The fourth-order valence-corrected chi connectivity index (χ4v) is 2.77. The second-order valence-corrected chi connectivity index (χ2v) is 6.76. The first-order chi connectivity index (χ1) is 12.7. The number of carbonyl (C=O) groups excluding carboxylic acids is 1. The Kier molecular flexibility index (Phi) is 8.40. The highest BCUT2D eigenvalue weighted by Crippen LogP contribution is 2.23. The van der Waals surface area contributed by atoms with E-state index in [-0.39, 0.29) is 35.9 Å². The van der Waals surface area contributed by atoms with Crippen molar-refractivity contribution in [1.29, 1.82) is 0 Å². The minimum Gasteiger partial charge on any atom is -0.459 e. The molecular weight excluding hydrogens is 455 g/mol. The van der Waals surface area contributed by atoms with E-state index in [1.54, 1.807) is 0 Å². The second-order valence-electron chi connectivity index (χ2n) is 6.76. The van der Waals surface area contributed by atoms with Gasteiger partial charge >= 0.3 is 0 Å². The number of nitrogens with one attached hydrogen (secondary N) is 3. The van der Waals surface area contributed by atoms with Crippen LogP contribution in [0, 0.1) is 0 Å². The maximum Gasteiger partial charge on any atom is 0.220 e. The molecule has 1 heterocycles. The normalized spacial score (nSPS) is 15.1. The molecule has 1 amide bonds. The minimum absolute atomic E-state index is 0. The van der Waals surface area contributed by atoms with Crippen molar-refractivity contribution in [2.45, 2.75) is 51.6 Å². The Morgan fingerprint density at radius 2 is 2.11 bits per heavy atom. The van der Waals surface area contributed by atoms with Crippen molar-refractivity contribution in [2.75, 3.05) is 13.1 Å². The van der Waals surface area contributed by atoms with Crippen molar-refractivity contribution < 1.29 is 9.21 Å². The van der Waals surface area contributed by atoms with Gasteiger partial charge in [-0.1, -0.05) is 18.2 Å². The van der Waals surface area contributed by atoms with Gasteiger partial charge in [-0.05, 0) is 45.2 Å². The van der Waals surface area contributed by atoms with Gasteiger partial charge in [0.25, 0.3) is 0 Å². The van der Waals surface area contributed by atoms with Crippen molar-refractivity contribution in [3.8, 4) is 0 Å². The van der Waals surface area contributed by atoms with Crippen LogP contribution in [0.4, 0.5) is 0 Å². The largest absolute Gasteiger partial charge is 0.459 e. The summed E-state index contributed by atoms with van der Waals surface area (Å²) in [5.41, 5.74) is 0.889. The fraction of sp³-hybridized carbons (Fsp3) is 0.500. The summed E-state index contributed by atoms with van der Waals surface area (Å²) < 4.78 is 5.91. The van der Waals surface area contributed by atoms with Gasteiger partial charge in [-0.2, -0.15) is 0 Å². The van der Waals surface area contributed by atoms with E-state index in [9.17, 15) is 4.79 Å². The first kappa shape index (κ1) is 21.5. The summed E-state index contributed by atoms with van der Waals surface area (Å²) in [7, 11) is 0. The molecule has 3 N–H and O–H groups in total. The predicted octanol–water partition coefficient (Wildman–Crippen LogP) is 3.73. The molecule has 0 aliphatic heterocycles. The number of hydrogen-bond acceptors (Lipinski definition) is 3. The molecule has 27 heavy (non-hydrogen) atoms. The molecule has 0 saturated heterocycles. The molecule has 1 aliphatic carbocycles. The summed E-state index contributed by atoms with van der Waals surface area (Å²) in [6.07, 6.45) is 3.52. The van der Waals surface area contributed by atoms with Crippen molar-refractivity contribution >= 4 is 46.8 Å². The maximum atomic E-state index is 11.7. The van der Waals surface area contributed by atoms with Gasteiger partial charge in [-0.15, -0.1) is 24.0 Å². The van der Waals surface area contributed by atoms with Gasteiger partial charge in [0.15, 0.2) is 5.96 Å². The van der Waals surface area contributed by atoms with E-state index in [1.807, 2.05) is 38.1 Å². The summed E-state index contributed by atoms with van der Waals surface area (Å²) >= 11 is 0. The lowest BCUT2D eigenvalue weighted by molar-refractivity contribution is -0.121. The molecule has 3 rings (SSSR count). The number of aliphatic imine (C=N–C) groups is 1. The Morgan fingerprint density at radius 1 is 1.33 bits per heavy atom. The third-order valence-corrected chi connectivity index (χ3v) is 4.34. The summed E-state index contributed by atoms with van der Waals surface area (Å²) in [6, 6.07) is 10.5. The number of fused-ring (bicyclic) bond motifs is 1. The molecule has 6 nitrogen and oxygen atoms in total. The van der Waals surface area contributed by atoms with Crippen LogP contribution in [-0.2, 0) is 4.79 Å². The van der Waals surface area contributed by atoms with Crippen LogP contribution >= 0.6 is 24.0 Å². The lowest BCUT2D eigenvalue weighted by atomic mass is 10.2. The second kappa shape index (κ2) is 10.5. The van der Waals surface area contributed by atoms with E-state index in [1.165, 1.54) is 0 Å². The molecule has 1 unspecified atom stereocenters. The number of hydrogen-bond donors (Lipinski definition) is 3. The Labute approximate surface area is 177 Å². The molecule has 1 aliphatic rings. The third kappa shape index (κ3) is 6.71. The summed E-state index contributed by atoms with van der Waals surface area (Å²) in [4.78, 5) is 16.3. The predicted molar refractivity (Wildman–Crippen MR) is 120 cm³/mol. The van der Waals surface area contributed by atoms with Gasteiger partial charge in [-0.25, -0.2) is 0 Å². The average Bonchev–Trinajstić information content (AvgIpc) is 3.32. The number of rotatable bonds is 8. The summed E-state index contributed by atoms with van der Waals surface area (Å²) in [6.45, 7) is 5.47. The number of benzene rings is 1. The van der Waals surface area contributed by atoms with Gasteiger partial charge < -0.3 is 20.4 Å². The van der Waals surface area contributed by atoms with E-state index in [4.69, 9.17) is 4.42 Å². The highest BCUT2D eigenvalue weighted by atomic mass is 127. The van der Waals surface area contributed by atoms with Gasteiger partial charge in [0.2, 0.25) is 5.91 Å². The van der Waals surface area contributed by atoms with E-state index >= 15 is 0 Å². The van der Waals surface area contributed by atoms with E-state index < -0.39 is 0 Å². The molecule has 1 fully saturated rings. The number of amides is 1. The van der Waals surface area contributed by atoms with Crippen molar-refractivity contribution in [3.05, 3.63) is 36.1 Å². The number of carbonyl (C=O) groups is 1. The molecule has 1 atom stereocenters. The fourth-order valence-electron chi connectivity index (χ4n) is 2.77. The quantitative estimate of drug-likeness (QED) is 0.231. The van der Waals surface area contributed by atoms with Crippen molar-refractivity contribution in [2.24, 2.45) is 4.99 Å². The Morgan fingerprint density at radius 3 is 2.81 bits per heavy atom. The van der Waals surface area contributed by atoms with Crippen LogP contribution in [-0.4, -0.2) is 31.0 Å². The molecule has 1 aromatic heterocycles. The van der Waals surface area contributed by atoms with Gasteiger partial charge in [0.1, 0.15) is 11.3 Å². The summed E-state index contributed by atoms with van der Waals surface area (Å²) in [5.74, 6) is 1.75. The molecule has 148 valence electrons. The molecular formula is C20H29IN4O2. The number of guanidine groups is 1. The van der Waals surface area contributed by atoms with E-state index in [0.29, 0.717) is 19.0 Å². The number of para-hydroxylation sites is 1. The van der Waals surface area contributed by atoms with Gasteiger partial charge in [0.05, 0.1) is 6.04 Å². The molecule has 0 bridgehead atoms. The number of halogens is 1. The number of furan rings is 1. The maximum absolute atomic E-state index is 11.7. The topological polar surface area (TPSA) is 78.7 Å². The molecule has 2 aromatic rings. The first-order valence-electron chi connectivity index (χ1n) is 9.48. The zero-order valence-corrected chi connectivity index (χ0v) is 18.3. The summed E-state index contributed by atoms with van der Waals surface area (Å²) in [5, 5.41) is 10.7.